The van der Waals surface area contributed by atoms with Crippen molar-refractivity contribution < 1.29 is 9.53 Å². The second kappa shape index (κ2) is 9.46. The molecule has 2 aromatic carbocycles. The number of carbonyl (C=O) groups excluding carboxylic acids is 1. The fourth-order valence-corrected chi connectivity index (χ4v) is 4.89. The van der Waals surface area contributed by atoms with Crippen molar-refractivity contribution in [2.24, 2.45) is 0 Å². The minimum atomic E-state index is -0.441. The molecule has 1 heterocycles. The lowest BCUT2D eigenvalue weighted by Gasteiger charge is -2.22. The standard InChI is InChI=1S/C25H26Cl2N2O2/c1-3-31-25(30)23-16(2)24(29(28-23)22-14-13-20(26)15-21(22)27)19-11-9-18(10-12-19)17-7-5-4-6-8-17/h9-15,17H,3-8H2,1-2H3. The lowest BCUT2D eigenvalue weighted by Crippen LogP contribution is -2.08. The summed E-state index contributed by atoms with van der Waals surface area (Å²) in [5, 5.41) is 5.60. The summed E-state index contributed by atoms with van der Waals surface area (Å²) in [5.74, 6) is 0.193. The topological polar surface area (TPSA) is 44.1 Å². The number of aromatic nitrogens is 2. The van der Waals surface area contributed by atoms with Crippen molar-refractivity contribution in [2.75, 3.05) is 6.61 Å². The van der Waals surface area contributed by atoms with E-state index in [0.29, 0.717) is 27.3 Å². The highest BCUT2D eigenvalue weighted by molar-refractivity contribution is 6.35. The van der Waals surface area contributed by atoms with Gasteiger partial charge in [0.1, 0.15) is 0 Å². The first-order valence-electron chi connectivity index (χ1n) is 10.8. The number of hydrogen-bond acceptors (Lipinski definition) is 3. The van der Waals surface area contributed by atoms with Crippen LogP contribution in [-0.2, 0) is 4.74 Å². The summed E-state index contributed by atoms with van der Waals surface area (Å²) in [5.41, 5.74) is 4.89. The Bertz CT molecular complexity index is 1080. The molecule has 4 nitrogen and oxygen atoms in total. The van der Waals surface area contributed by atoms with E-state index in [1.807, 2.05) is 13.0 Å². The van der Waals surface area contributed by atoms with Crippen molar-refractivity contribution in [3.63, 3.8) is 0 Å². The zero-order chi connectivity index (χ0) is 22.0. The molecule has 0 N–H and O–H groups in total. The van der Waals surface area contributed by atoms with Gasteiger partial charge in [0.25, 0.3) is 0 Å². The molecule has 0 bridgehead atoms. The van der Waals surface area contributed by atoms with Crippen LogP contribution in [0.15, 0.2) is 42.5 Å². The van der Waals surface area contributed by atoms with Crippen LogP contribution in [0.1, 0.15) is 66.6 Å². The summed E-state index contributed by atoms with van der Waals surface area (Å²) in [6.45, 7) is 3.97. The van der Waals surface area contributed by atoms with E-state index in [1.54, 1.807) is 23.7 Å². The molecular formula is C25H26Cl2N2O2. The van der Waals surface area contributed by atoms with Crippen molar-refractivity contribution >= 4 is 29.2 Å². The van der Waals surface area contributed by atoms with Crippen molar-refractivity contribution in [2.45, 2.75) is 51.9 Å². The molecule has 6 heteroatoms. The third-order valence-electron chi connectivity index (χ3n) is 5.99. The number of esters is 1. The van der Waals surface area contributed by atoms with Crippen molar-refractivity contribution in [1.82, 2.24) is 9.78 Å². The zero-order valence-corrected chi connectivity index (χ0v) is 19.3. The smallest absolute Gasteiger partial charge is 0.359 e. The Morgan fingerprint density at radius 1 is 1.10 bits per heavy atom. The first-order valence-corrected chi connectivity index (χ1v) is 11.6. The number of halogens is 2. The van der Waals surface area contributed by atoms with Crippen LogP contribution in [0.2, 0.25) is 10.0 Å². The predicted octanol–water partition coefficient (Wildman–Crippen LogP) is 7.38. The Kier molecular flexibility index (Phi) is 6.68. The van der Waals surface area contributed by atoms with E-state index in [9.17, 15) is 4.79 Å². The van der Waals surface area contributed by atoms with Crippen LogP contribution in [0.3, 0.4) is 0 Å². The van der Waals surface area contributed by atoms with Crippen molar-refractivity contribution in [3.8, 4) is 16.9 Å². The van der Waals surface area contributed by atoms with Gasteiger partial charge in [-0.3, -0.25) is 0 Å². The van der Waals surface area contributed by atoms with Crippen LogP contribution in [-0.4, -0.2) is 22.4 Å². The lowest BCUT2D eigenvalue weighted by atomic mass is 9.84. The molecule has 0 saturated heterocycles. The Labute approximate surface area is 193 Å². The molecule has 1 aliphatic carbocycles. The average molecular weight is 457 g/mol. The highest BCUT2D eigenvalue weighted by Gasteiger charge is 2.24. The molecule has 0 aliphatic heterocycles. The minimum Gasteiger partial charge on any atom is -0.461 e. The Morgan fingerprint density at radius 2 is 1.81 bits per heavy atom. The third kappa shape index (κ3) is 4.51. The molecule has 0 spiro atoms. The van der Waals surface area contributed by atoms with Gasteiger partial charge >= 0.3 is 5.97 Å². The summed E-state index contributed by atoms with van der Waals surface area (Å²) in [6.07, 6.45) is 6.45. The molecule has 162 valence electrons. The SMILES string of the molecule is CCOC(=O)c1nn(-c2ccc(Cl)cc2Cl)c(-c2ccc(C3CCCCC3)cc2)c1C. The molecular weight excluding hydrogens is 431 g/mol. The van der Waals surface area contributed by atoms with Gasteiger partial charge in [-0.15, -0.1) is 0 Å². The van der Waals surface area contributed by atoms with Crippen LogP contribution in [0.25, 0.3) is 16.9 Å². The van der Waals surface area contributed by atoms with E-state index < -0.39 is 5.97 Å². The van der Waals surface area contributed by atoms with Crippen LogP contribution in [0.4, 0.5) is 0 Å². The largest absolute Gasteiger partial charge is 0.461 e. The fraction of sp³-hybridized carbons (Fsp3) is 0.360. The van der Waals surface area contributed by atoms with Gasteiger partial charge < -0.3 is 4.74 Å². The van der Waals surface area contributed by atoms with Gasteiger partial charge in [-0.05, 0) is 56.4 Å². The number of carbonyl (C=O) groups is 1. The molecule has 4 rings (SSSR count). The molecule has 0 radical (unpaired) electrons. The van der Waals surface area contributed by atoms with E-state index >= 15 is 0 Å². The average Bonchev–Trinajstić information content (AvgIpc) is 3.11. The first-order chi connectivity index (χ1) is 15.0. The summed E-state index contributed by atoms with van der Waals surface area (Å²) in [7, 11) is 0. The molecule has 1 saturated carbocycles. The van der Waals surface area contributed by atoms with E-state index in [2.05, 4.69) is 29.4 Å². The molecule has 1 aromatic heterocycles. The van der Waals surface area contributed by atoms with Gasteiger partial charge in [0.2, 0.25) is 0 Å². The van der Waals surface area contributed by atoms with Gasteiger partial charge in [0.05, 0.1) is 23.0 Å². The number of nitrogens with zero attached hydrogens (tertiary/aromatic N) is 2. The van der Waals surface area contributed by atoms with Crippen LogP contribution in [0, 0.1) is 6.92 Å². The zero-order valence-electron chi connectivity index (χ0n) is 17.8. The van der Waals surface area contributed by atoms with Crippen LogP contribution in [0.5, 0.6) is 0 Å². The van der Waals surface area contributed by atoms with Crippen LogP contribution >= 0.6 is 23.2 Å². The van der Waals surface area contributed by atoms with Gasteiger partial charge in [-0.2, -0.15) is 5.10 Å². The highest BCUT2D eigenvalue weighted by atomic mass is 35.5. The summed E-state index contributed by atoms with van der Waals surface area (Å²) < 4.78 is 6.95. The summed E-state index contributed by atoms with van der Waals surface area (Å²) in [6, 6.07) is 13.9. The number of rotatable bonds is 5. The third-order valence-corrected chi connectivity index (χ3v) is 6.53. The van der Waals surface area contributed by atoms with Gasteiger partial charge in [-0.1, -0.05) is 66.7 Å². The van der Waals surface area contributed by atoms with Gasteiger partial charge in [0.15, 0.2) is 5.69 Å². The Balaban J connectivity index is 1.80. The monoisotopic (exact) mass is 456 g/mol. The number of benzene rings is 2. The first kappa shape index (κ1) is 21.9. The Hall–Kier alpha value is -2.30. The van der Waals surface area contributed by atoms with E-state index in [-0.39, 0.29) is 6.61 Å². The predicted molar refractivity (Wildman–Crippen MR) is 126 cm³/mol. The van der Waals surface area contributed by atoms with Crippen molar-refractivity contribution in [3.05, 3.63) is 69.3 Å². The molecule has 1 aliphatic rings. The van der Waals surface area contributed by atoms with E-state index in [4.69, 9.17) is 27.9 Å². The highest BCUT2D eigenvalue weighted by Crippen LogP contribution is 2.36. The second-order valence-electron chi connectivity index (χ2n) is 8.01. The normalized spacial score (nSPS) is 14.6. The molecule has 0 unspecified atom stereocenters. The maximum absolute atomic E-state index is 12.5. The molecule has 3 aromatic rings. The lowest BCUT2D eigenvalue weighted by molar-refractivity contribution is 0.0518. The summed E-state index contributed by atoms with van der Waals surface area (Å²) >= 11 is 12.6. The molecule has 0 amide bonds. The summed E-state index contributed by atoms with van der Waals surface area (Å²) in [4.78, 5) is 12.5. The van der Waals surface area contributed by atoms with E-state index in [1.165, 1.54) is 37.7 Å². The maximum Gasteiger partial charge on any atom is 0.359 e. The molecule has 0 atom stereocenters. The molecule has 1 fully saturated rings. The maximum atomic E-state index is 12.5. The van der Waals surface area contributed by atoms with Crippen LogP contribution < -0.4 is 0 Å². The van der Waals surface area contributed by atoms with Gasteiger partial charge in [0, 0.05) is 16.1 Å². The quantitative estimate of drug-likeness (QED) is 0.376. The van der Waals surface area contributed by atoms with E-state index in [0.717, 1.165) is 16.8 Å². The second-order valence-corrected chi connectivity index (χ2v) is 8.85. The Morgan fingerprint density at radius 3 is 2.45 bits per heavy atom. The number of hydrogen-bond donors (Lipinski definition) is 0. The molecule has 31 heavy (non-hydrogen) atoms. The minimum absolute atomic E-state index is 0.290. The van der Waals surface area contributed by atoms with Crippen molar-refractivity contribution in [1.29, 1.82) is 0 Å². The fourth-order valence-electron chi connectivity index (χ4n) is 4.40. The van der Waals surface area contributed by atoms with Gasteiger partial charge in [-0.25, -0.2) is 9.48 Å². The number of ether oxygens (including phenoxy) is 1.